The molecule has 1 aromatic carbocycles. The zero-order valence-electron chi connectivity index (χ0n) is 13.5. The summed E-state index contributed by atoms with van der Waals surface area (Å²) < 4.78 is 5.35. The van der Waals surface area contributed by atoms with Gasteiger partial charge in [-0.25, -0.2) is 0 Å². The number of hydrogen-bond acceptors (Lipinski definition) is 3. The van der Waals surface area contributed by atoms with E-state index in [0.29, 0.717) is 24.7 Å². The summed E-state index contributed by atoms with van der Waals surface area (Å²) in [5.74, 6) is -0.0444. The van der Waals surface area contributed by atoms with E-state index in [1.165, 1.54) is 6.92 Å². The van der Waals surface area contributed by atoms with Crippen molar-refractivity contribution in [3.8, 4) is 0 Å². The number of nitrogens with zero attached hydrogens (tertiary/aromatic N) is 1. The molecule has 1 aromatic rings. The molecule has 5 nitrogen and oxygen atoms in total. The summed E-state index contributed by atoms with van der Waals surface area (Å²) in [5, 5.41) is 3.65. The Bertz CT molecular complexity index is 547. The van der Waals surface area contributed by atoms with Crippen LogP contribution in [0.2, 0.25) is 5.02 Å². The number of carbonyl (C=O) groups is 2. The second-order valence-corrected chi connectivity index (χ2v) is 6.14. The van der Waals surface area contributed by atoms with Crippen LogP contribution < -0.4 is 5.32 Å². The van der Waals surface area contributed by atoms with Crippen molar-refractivity contribution in [2.75, 3.05) is 26.3 Å². The van der Waals surface area contributed by atoms with E-state index < -0.39 is 6.04 Å². The lowest BCUT2D eigenvalue weighted by atomic mass is 9.96. The Hall–Kier alpha value is -1.59. The van der Waals surface area contributed by atoms with Crippen LogP contribution in [0.3, 0.4) is 0 Å². The lowest BCUT2D eigenvalue weighted by Gasteiger charge is -2.34. The highest BCUT2D eigenvalue weighted by atomic mass is 35.5. The molecule has 1 N–H and O–H groups in total. The minimum atomic E-state index is -0.538. The lowest BCUT2D eigenvalue weighted by Crippen LogP contribution is -2.55. The normalized spacial score (nSPS) is 19.3. The third kappa shape index (κ3) is 4.69. The molecule has 0 radical (unpaired) electrons. The molecule has 1 aliphatic rings. The van der Waals surface area contributed by atoms with Crippen molar-refractivity contribution >= 4 is 23.4 Å². The second-order valence-electron chi connectivity index (χ2n) is 5.70. The van der Waals surface area contributed by atoms with Gasteiger partial charge in [0.2, 0.25) is 11.8 Å². The molecule has 0 aromatic heterocycles. The van der Waals surface area contributed by atoms with Crippen LogP contribution in [-0.2, 0) is 14.3 Å². The van der Waals surface area contributed by atoms with Crippen molar-refractivity contribution in [1.82, 2.24) is 10.2 Å². The minimum absolute atomic E-state index is 0.0989. The van der Waals surface area contributed by atoms with Crippen molar-refractivity contribution < 1.29 is 14.3 Å². The van der Waals surface area contributed by atoms with Gasteiger partial charge in [-0.15, -0.1) is 0 Å². The zero-order valence-corrected chi connectivity index (χ0v) is 14.3. The average molecular weight is 339 g/mol. The predicted molar refractivity (Wildman–Crippen MR) is 89.5 cm³/mol. The Morgan fingerprint density at radius 2 is 2.09 bits per heavy atom. The van der Waals surface area contributed by atoms with Gasteiger partial charge in [0, 0.05) is 31.0 Å². The van der Waals surface area contributed by atoms with Crippen LogP contribution in [0.1, 0.15) is 31.7 Å². The molecule has 2 rings (SSSR count). The van der Waals surface area contributed by atoms with Gasteiger partial charge in [0.15, 0.2) is 0 Å². The Morgan fingerprint density at radius 1 is 1.39 bits per heavy atom. The van der Waals surface area contributed by atoms with Crippen LogP contribution in [0.15, 0.2) is 24.3 Å². The molecule has 2 atom stereocenters. The average Bonchev–Trinajstić information content (AvgIpc) is 2.56. The van der Waals surface area contributed by atoms with Crippen LogP contribution in [-0.4, -0.2) is 49.1 Å². The number of carbonyl (C=O) groups excluding carboxylic acids is 2. The van der Waals surface area contributed by atoms with Crippen LogP contribution in [0.25, 0.3) is 0 Å². The molecule has 23 heavy (non-hydrogen) atoms. The van der Waals surface area contributed by atoms with Crippen molar-refractivity contribution in [2.24, 2.45) is 0 Å². The standard InChI is InChI=1S/C17H23ClN2O3/c1-3-13(14-4-6-15(18)7-5-14)10-19-17(22)16-11-23-9-8-20(16)12(2)21/h4-7,13,16H,3,8-11H2,1-2H3,(H,19,22)/t13-,16-/m1/s1. The zero-order chi connectivity index (χ0) is 16.8. The van der Waals surface area contributed by atoms with Crippen molar-refractivity contribution in [1.29, 1.82) is 0 Å². The molecule has 0 bridgehead atoms. The maximum Gasteiger partial charge on any atom is 0.245 e. The summed E-state index contributed by atoms with van der Waals surface area (Å²) in [6.45, 7) is 5.28. The lowest BCUT2D eigenvalue weighted by molar-refractivity contribution is -0.146. The third-order valence-electron chi connectivity index (χ3n) is 4.19. The third-order valence-corrected chi connectivity index (χ3v) is 4.44. The molecule has 0 saturated carbocycles. The summed E-state index contributed by atoms with van der Waals surface area (Å²) >= 11 is 5.91. The fraction of sp³-hybridized carbons (Fsp3) is 0.529. The Kier molecular flexibility index (Phi) is 6.42. The number of nitrogens with one attached hydrogen (secondary N) is 1. The van der Waals surface area contributed by atoms with Crippen LogP contribution in [0, 0.1) is 0 Å². The van der Waals surface area contributed by atoms with Gasteiger partial charge in [0.1, 0.15) is 6.04 Å². The summed E-state index contributed by atoms with van der Waals surface area (Å²) in [6.07, 6.45) is 0.902. The monoisotopic (exact) mass is 338 g/mol. The number of amides is 2. The quantitative estimate of drug-likeness (QED) is 0.895. The summed E-state index contributed by atoms with van der Waals surface area (Å²) in [6, 6.07) is 7.13. The fourth-order valence-corrected chi connectivity index (χ4v) is 2.90. The summed E-state index contributed by atoms with van der Waals surface area (Å²) in [5.41, 5.74) is 1.14. The van der Waals surface area contributed by atoms with Crippen molar-refractivity contribution in [3.05, 3.63) is 34.9 Å². The van der Waals surface area contributed by atoms with Gasteiger partial charge in [0.25, 0.3) is 0 Å². The number of morpholine rings is 1. The first-order chi connectivity index (χ1) is 11.0. The fourth-order valence-electron chi connectivity index (χ4n) is 2.77. The molecular weight excluding hydrogens is 316 g/mol. The number of hydrogen-bond donors (Lipinski definition) is 1. The predicted octanol–water partition coefficient (Wildman–Crippen LogP) is 2.20. The van der Waals surface area contributed by atoms with E-state index in [2.05, 4.69) is 12.2 Å². The van der Waals surface area contributed by atoms with E-state index in [-0.39, 0.29) is 24.3 Å². The van der Waals surface area contributed by atoms with Crippen LogP contribution >= 0.6 is 11.6 Å². The van der Waals surface area contributed by atoms with E-state index in [1.807, 2.05) is 24.3 Å². The van der Waals surface area contributed by atoms with Crippen LogP contribution in [0.4, 0.5) is 0 Å². The Morgan fingerprint density at radius 3 is 2.70 bits per heavy atom. The van der Waals surface area contributed by atoms with Gasteiger partial charge in [-0.05, 0) is 24.1 Å². The first kappa shape index (κ1) is 17.8. The maximum absolute atomic E-state index is 12.4. The van der Waals surface area contributed by atoms with Crippen molar-refractivity contribution in [2.45, 2.75) is 32.2 Å². The van der Waals surface area contributed by atoms with Gasteiger partial charge in [-0.1, -0.05) is 30.7 Å². The molecule has 1 heterocycles. The first-order valence-electron chi connectivity index (χ1n) is 7.91. The van der Waals surface area contributed by atoms with E-state index >= 15 is 0 Å². The van der Waals surface area contributed by atoms with E-state index in [9.17, 15) is 9.59 Å². The molecular formula is C17H23ClN2O3. The van der Waals surface area contributed by atoms with Gasteiger partial charge in [-0.3, -0.25) is 9.59 Å². The molecule has 1 aliphatic heterocycles. The molecule has 1 fully saturated rings. The summed E-state index contributed by atoms with van der Waals surface area (Å²) in [7, 11) is 0. The number of benzene rings is 1. The van der Waals surface area contributed by atoms with Gasteiger partial charge in [-0.2, -0.15) is 0 Å². The van der Waals surface area contributed by atoms with Crippen molar-refractivity contribution in [3.63, 3.8) is 0 Å². The minimum Gasteiger partial charge on any atom is -0.377 e. The highest BCUT2D eigenvalue weighted by Crippen LogP contribution is 2.21. The Balaban J connectivity index is 1.96. The maximum atomic E-state index is 12.4. The SMILES string of the molecule is CC[C@H](CNC(=O)[C@H]1COCCN1C(C)=O)c1ccc(Cl)cc1. The smallest absolute Gasteiger partial charge is 0.245 e. The van der Waals surface area contributed by atoms with E-state index in [0.717, 1.165) is 12.0 Å². The van der Waals surface area contributed by atoms with Gasteiger partial charge < -0.3 is 15.0 Å². The number of ether oxygens (including phenoxy) is 1. The molecule has 0 aliphatic carbocycles. The Labute approximate surface area is 141 Å². The molecule has 2 amide bonds. The van der Waals surface area contributed by atoms with Gasteiger partial charge in [0.05, 0.1) is 13.2 Å². The number of rotatable bonds is 5. The van der Waals surface area contributed by atoms with E-state index in [4.69, 9.17) is 16.3 Å². The van der Waals surface area contributed by atoms with E-state index in [1.54, 1.807) is 4.90 Å². The largest absolute Gasteiger partial charge is 0.377 e. The molecule has 6 heteroatoms. The van der Waals surface area contributed by atoms with Crippen LogP contribution in [0.5, 0.6) is 0 Å². The highest BCUT2D eigenvalue weighted by molar-refractivity contribution is 6.30. The molecule has 126 valence electrons. The molecule has 0 spiro atoms. The first-order valence-corrected chi connectivity index (χ1v) is 8.28. The molecule has 1 saturated heterocycles. The summed E-state index contributed by atoms with van der Waals surface area (Å²) in [4.78, 5) is 25.6. The molecule has 0 unspecified atom stereocenters. The topological polar surface area (TPSA) is 58.6 Å². The van der Waals surface area contributed by atoms with Gasteiger partial charge >= 0.3 is 0 Å². The highest BCUT2D eigenvalue weighted by Gasteiger charge is 2.31. The number of halogens is 1. The second kappa shape index (κ2) is 8.31.